The first kappa shape index (κ1) is 19.5. The molecule has 2 unspecified atom stereocenters. The smallest absolute Gasteiger partial charge is 0.135 e. The molecule has 0 fully saturated rings. The molecule has 0 spiro atoms. The Kier molecular flexibility index (Phi) is 4.17. The minimum absolute atomic E-state index is 0.0522. The molecular weight excluding hydrogens is 416 g/mol. The van der Waals surface area contributed by atoms with Gasteiger partial charge < -0.3 is 9.15 Å². The van der Waals surface area contributed by atoms with Crippen LogP contribution in [0.2, 0.25) is 0 Å². The van der Waals surface area contributed by atoms with E-state index < -0.39 is 0 Å². The van der Waals surface area contributed by atoms with E-state index in [1.165, 1.54) is 38.8 Å². The maximum atomic E-state index is 6.48. The van der Waals surface area contributed by atoms with Crippen LogP contribution in [-0.4, -0.2) is 6.10 Å². The Hall–Kier alpha value is -3.96. The number of hydrogen-bond donors (Lipinski definition) is 0. The zero-order valence-electron chi connectivity index (χ0n) is 19.3. The number of furan rings is 1. The van der Waals surface area contributed by atoms with Gasteiger partial charge in [0.05, 0.1) is 0 Å². The lowest BCUT2D eigenvalue weighted by Crippen LogP contribution is -2.22. The van der Waals surface area contributed by atoms with Crippen LogP contribution in [0.3, 0.4) is 0 Å². The molecule has 0 amide bonds. The summed E-state index contributed by atoms with van der Waals surface area (Å²) < 4.78 is 12.7. The summed E-state index contributed by atoms with van der Waals surface area (Å²) in [5.74, 6) is 2.24. The van der Waals surface area contributed by atoms with Crippen molar-refractivity contribution < 1.29 is 9.15 Å². The Morgan fingerprint density at radius 2 is 1.88 bits per heavy atom. The molecule has 7 rings (SSSR count). The predicted molar refractivity (Wildman–Crippen MR) is 137 cm³/mol. The number of benzene rings is 2. The van der Waals surface area contributed by atoms with Gasteiger partial charge in [-0.25, -0.2) is 0 Å². The van der Waals surface area contributed by atoms with E-state index in [0.29, 0.717) is 0 Å². The lowest BCUT2D eigenvalue weighted by molar-refractivity contribution is 0.278. The number of hydrogen-bond acceptors (Lipinski definition) is 2. The zero-order valence-corrected chi connectivity index (χ0v) is 19.3. The minimum Gasteiger partial charge on any atom is -0.484 e. The summed E-state index contributed by atoms with van der Waals surface area (Å²) in [5, 5.41) is 1.20. The second-order valence-electron chi connectivity index (χ2n) is 9.68. The van der Waals surface area contributed by atoms with Crippen molar-refractivity contribution in [3.05, 3.63) is 118 Å². The molecule has 0 bridgehead atoms. The Labute approximate surface area is 199 Å². The van der Waals surface area contributed by atoms with Gasteiger partial charge in [-0.2, -0.15) is 0 Å². The van der Waals surface area contributed by atoms with Gasteiger partial charge in [-0.05, 0) is 73.4 Å². The fourth-order valence-corrected chi connectivity index (χ4v) is 5.58. The third-order valence-electron chi connectivity index (χ3n) is 7.30. The van der Waals surface area contributed by atoms with E-state index in [9.17, 15) is 0 Å². The first-order valence-electron chi connectivity index (χ1n) is 12.0. The van der Waals surface area contributed by atoms with Crippen LogP contribution < -0.4 is 4.74 Å². The molecule has 1 aromatic heterocycles. The summed E-state index contributed by atoms with van der Waals surface area (Å²) >= 11 is 0. The molecule has 2 heterocycles. The lowest BCUT2D eigenvalue weighted by atomic mass is 9.80. The van der Waals surface area contributed by atoms with Crippen LogP contribution in [0, 0.1) is 19.1 Å². The summed E-state index contributed by atoms with van der Waals surface area (Å²) in [6, 6.07) is 25.7. The van der Waals surface area contributed by atoms with E-state index in [4.69, 9.17) is 9.15 Å². The highest BCUT2D eigenvalue weighted by molar-refractivity contribution is 5.95. The van der Waals surface area contributed by atoms with E-state index in [0.717, 1.165) is 41.1 Å². The molecular formula is C32H24O2. The maximum Gasteiger partial charge on any atom is 0.135 e. The highest BCUT2D eigenvalue weighted by atomic mass is 16.5. The normalized spacial score (nSPS) is 20.4. The van der Waals surface area contributed by atoms with Gasteiger partial charge in [0.1, 0.15) is 23.2 Å². The predicted octanol–water partition coefficient (Wildman–Crippen LogP) is 7.72. The van der Waals surface area contributed by atoms with E-state index in [-0.39, 0.29) is 12.0 Å². The quantitative estimate of drug-likeness (QED) is 0.318. The number of ether oxygens (including phenoxy) is 1. The topological polar surface area (TPSA) is 22.4 Å². The van der Waals surface area contributed by atoms with Crippen molar-refractivity contribution in [3.8, 4) is 5.75 Å². The van der Waals surface area contributed by atoms with Crippen molar-refractivity contribution in [2.75, 3.05) is 0 Å². The van der Waals surface area contributed by atoms with Crippen molar-refractivity contribution in [2.24, 2.45) is 0 Å². The Balaban J connectivity index is 1.41. The SMILES string of the molecule is CC1=Cc2c(oc3ccc(C4=CC5c6ccccc6OC5C(c5c#ccc(C)c5)=C4)cc23)CC1. The summed E-state index contributed by atoms with van der Waals surface area (Å²) in [6.07, 6.45) is 8.94. The average Bonchev–Trinajstić information content (AvgIpc) is 3.41. The van der Waals surface area contributed by atoms with Gasteiger partial charge in [-0.1, -0.05) is 54.1 Å². The van der Waals surface area contributed by atoms with Gasteiger partial charge in [0, 0.05) is 40.0 Å². The monoisotopic (exact) mass is 440 g/mol. The number of para-hydroxylation sites is 1. The molecule has 1 aliphatic heterocycles. The van der Waals surface area contributed by atoms with Gasteiger partial charge in [-0.3, -0.25) is 0 Å². The van der Waals surface area contributed by atoms with Crippen molar-refractivity contribution in [3.63, 3.8) is 0 Å². The molecule has 164 valence electrons. The molecule has 4 aromatic rings. The number of rotatable bonds is 2. The number of allylic oxidation sites excluding steroid dienone is 3. The van der Waals surface area contributed by atoms with Crippen LogP contribution in [0.5, 0.6) is 5.75 Å². The first-order valence-corrected chi connectivity index (χ1v) is 12.0. The number of aryl methyl sites for hydroxylation is 2. The summed E-state index contributed by atoms with van der Waals surface area (Å²) in [4.78, 5) is 0. The first-order chi connectivity index (χ1) is 16.6. The summed E-state index contributed by atoms with van der Waals surface area (Å²) in [6.45, 7) is 4.30. The van der Waals surface area contributed by atoms with Crippen molar-refractivity contribution in [1.82, 2.24) is 0 Å². The lowest BCUT2D eigenvalue weighted by Gasteiger charge is -2.25. The van der Waals surface area contributed by atoms with Gasteiger partial charge in [-0.15, -0.1) is 0 Å². The molecule has 2 atom stereocenters. The molecule has 2 heteroatoms. The Bertz CT molecular complexity index is 1560. The van der Waals surface area contributed by atoms with Crippen LogP contribution in [-0.2, 0) is 6.42 Å². The highest BCUT2D eigenvalue weighted by Crippen LogP contribution is 2.48. The maximum absolute atomic E-state index is 6.48. The van der Waals surface area contributed by atoms with Crippen molar-refractivity contribution in [2.45, 2.75) is 38.7 Å². The van der Waals surface area contributed by atoms with Crippen LogP contribution in [0.1, 0.15) is 52.8 Å². The summed E-state index contributed by atoms with van der Waals surface area (Å²) in [5.41, 5.74) is 10.7. The van der Waals surface area contributed by atoms with Crippen LogP contribution in [0.15, 0.2) is 76.7 Å². The second-order valence-corrected chi connectivity index (χ2v) is 9.68. The van der Waals surface area contributed by atoms with E-state index in [1.807, 2.05) is 12.1 Å². The zero-order chi connectivity index (χ0) is 22.8. The average molecular weight is 441 g/mol. The largest absolute Gasteiger partial charge is 0.484 e. The van der Waals surface area contributed by atoms with E-state index in [1.54, 1.807) is 0 Å². The molecule has 34 heavy (non-hydrogen) atoms. The van der Waals surface area contributed by atoms with Crippen LogP contribution >= 0.6 is 0 Å². The fourth-order valence-electron chi connectivity index (χ4n) is 5.58. The van der Waals surface area contributed by atoms with Gasteiger partial charge in [0.2, 0.25) is 0 Å². The second kappa shape index (κ2) is 7.27. The van der Waals surface area contributed by atoms with Crippen LogP contribution in [0.25, 0.3) is 28.2 Å². The summed E-state index contributed by atoms with van der Waals surface area (Å²) in [7, 11) is 0. The molecule has 0 saturated carbocycles. The Morgan fingerprint density at radius 3 is 2.79 bits per heavy atom. The molecule has 2 nitrogen and oxygen atoms in total. The third-order valence-corrected chi connectivity index (χ3v) is 7.30. The van der Waals surface area contributed by atoms with Crippen LogP contribution in [0.4, 0.5) is 0 Å². The van der Waals surface area contributed by atoms with Crippen molar-refractivity contribution in [1.29, 1.82) is 0 Å². The molecule has 2 aliphatic carbocycles. The van der Waals surface area contributed by atoms with Gasteiger partial charge in [0.15, 0.2) is 0 Å². The standard InChI is InChI=1S/C32H24O2/c1-19-6-5-7-22(14-19)25-17-23(18-28-24-8-3-4-9-29(24)34-32(25)28)21-11-13-31-27(16-21)26-15-20(2)10-12-30(26)33-31/h3-4,6,8-9,11,13-18,28,32H,10,12H2,1-2H3. The highest BCUT2D eigenvalue weighted by Gasteiger charge is 2.38. The molecule has 0 saturated heterocycles. The minimum atomic E-state index is -0.0522. The molecule has 3 aliphatic rings. The van der Waals surface area contributed by atoms with Gasteiger partial charge >= 0.3 is 0 Å². The fraction of sp³-hybridized carbons (Fsp3) is 0.188. The van der Waals surface area contributed by atoms with E-state index in [2.05, 4.69) is 86.7 Å². The van der Waals surface area contributed by atoms with Crippen molar-refractivity contribution >= 4 is 28.2 Å². The third kappa shape index (κ3) is 2.97. The number of fused-ring (bicyclic) bond motifs is 6. The molecule has 0 radical (unpaired) electrons. The Morgan fingerprint density at radius 1 is 0.971 bits per heavy atom. The van der Waals surface area contributed by atoms with E-state index >= 15 is 0 Å². The molecule has 3 aromatic carbocycles. The molecule has 0 N–H and O–H groups in total. The van der Waals surface area contributed by atoms with Gasteiger partial charge in [0.25, 0.3) is 0 Å².